The molecule has 0 spiro atoms. The molecule has 5 nitrogen and oxygen atoms in total. The zero-order valence-corrected chi connectivity index (χ0v) is 10.9. The largest absolute Gasteiger partial charge is 0.477 e. The van der Waals surface area contributed by atoms with Gasteiger partial charge in [0.1, 0.15) is 5.69 Å². The fourth-order valence-electron chi connectivity index (χ4n) is 1.76. The van der Waals surface area contributed by atoms with Crippen LogP contribution in [0.5, 0.6) is 0 Å². The molecule has 0 bridgehead atoms. The lowest BCUT2D eigenvalue weighted by molar-refractivity contribution is 0.0690. The van der Waals surface area contributed by atoms with E-state index in [-0.39, 0.29) is 5.69 Å². The fourth-order valence-corrected chi connectivity index (χ4v) is 1.76. The van der Waals surface area contributed by atoms with Gasteiger partial charge in [-0.3, -0.25) is 0 Å². The Morgan fingerprint density at radius 1 is 1.40 bits per heavy atom. The average Bonchev–Trinajstić information content (AvgIpc) is 2.46. The maximum absolute atomic E-state index is 10.8. The molecule has 0 fully saturated rings. The smallest absolute Gasteiger partial charge is 0.354 e. The highest BCUT2D eigenvalue weighted by atomic mass is 16.4. The van der Waals surface area contributed by atoms with Crippen molar-refractivity contribution in [2.24, 2.45) is 0 Å². The summed E-state index contributed by atoms with van der Waals surface area (Å²) in [5, 5.41) is 20.9. The summed E-state index contributed by atoms with van der Waals surface area (Å²) in [4.78, 5) is 14.9. The van der Waals surface area contributed by atoms with Gasteiger partial charge in [0.05, 0.1) is 23.9 Å². The number of carbonyl (C=O) groups is 1. The quantitative estimate of drug-likeness (QED) is 0.889. The van der Waals surface area contributed by atoms with Crippen LogP contribution in [0.4, 0.5) is 5.69 Å². The number of aromatic carboxylic acids is 1. The van der Waals surface area contributed by atoms with Crippen molar-refractivity contribution < 1.29 is 9.90 Å². The molecule has 0 aliphatic heterocycles. The van der Waals surface area contributed by atoms with Gasteiger partial charge in [-0.05, 0) is 36.8 Å². The van der Waals surface area contributed by atoms with Crippen LogP contribution in [0.25, 0.3) is 0 Å². The van der Waals surface area contributed by atoms with Crippen LogP contribution in [0.15, 0.2) is 36.4 Å². The number of pyridine rings is 1. The molecule has 2 N–H and O–H groups in total. The van der Waals surface area contributed by atoms with Crippen LogP contribution < -0.4 is 5.32 Å². The number of rotatable bonds is 4. The zero-order chi connectivity index (χ0) is 14.5. The number of benzene rings is 1. The molecule has 0 saturated heterocycles. The number of aryl methyl sites for hydroxylation is 1. The molecule has 2 aromatic rings. The zero-order valence-electron chi connectivity index (χ0n) is 10.9. The predicted molar refractivity (Wildman–Crippen MR) is 74.4 cm³/mol. The van der Waals surface area contributed by atoms with Crippen molar-refractivity contribution in [3.8, 4) is 6.07 Å². The summed E-state index contributed by atoms with van der Waals surface area (Å²) in [6.45, 7) is 2.33. The molecule has 0 aliphatic carbocycles. The Kier molecular flexibility index (Phi) is 3.96. The van der Waals surface area contributed by atoms with Crippen LogP contribution in [0, 0.1) is 18.3 Å². The third kappa shape index (κ3) is 3.12. The summed E-state index contributed by atoms with van der Waals surface area (Å²) < 4.78 is 0. The number of carboxylic acid groups (broad SMARTS) is 1. The third-order valence-corrected chi connectivity index (χ3v) is 2.85. The van der Waals surface area contributed by atoms with Gasteiger partial charge in [-0.25, -0.2) is 9.78 Å². The Morgan fingerprint density at radius 3 is 2.90 bits per heavy atom. The number of nitrogens with zero attached hydrogens (tertiary/aromatic N) is 2. The molecule has 0 radical (unpaired) electrons. The number of nitriles is 1. The van der Waals surface area contributed by atoms with E-state index in [4.69, 9.17) is 10.4 Å². The molecule has 1 aromatic carbocycles. The van der Waals surface area contributed by atoms with Crippen molar-refractivity contribution in [1.82, 2.24) is 4.98 Å². The van der Waals surface area contributed by atoms with Gasteiger partial charge in [0.2, 0.25) is 0 Å². The van der Waals surface area contributed by atoms with Crippen LogP contribution in [0.2, 0.25) is 0 Å². The van der Waals surface area contributed by atoms with Crippen LogP contribution >= 0.6 is 0 Å². The molecule has 5 heteroatoms. The van der Waals surface area contributed by atoms with Crippen LogP contribution in [0.1, 0.15) is 27.3 Å². The molecule has 100 valence electrons. The lowest BCUT2D eigenvalue weighted by atomic mass is 10.1. The molecule has 0 amide bonds. The highest BCUT2D eigenvalue weighted by molar-refractivity contribution is 5.85. The average molecular weight is 267 g/mol. The van der Waals surface area contributed by atoms with Crippen LogP contribution in [-0.2, 0) is 6.54 Å². The minimum absolute atomic E-state index is 0.0202. The number of hydrogen-bond acceptors (Lipinski definition) is 4. The standard InChI is InChI=1S/C15H13N3O2/c1-10-5-6-11(8-16)7-14(10)17-9-12-3-2-4-13(18-12)15(19)20/h2-7,17H,9H2,1H3,(H,19,20). The maximum atomic E-state index is 10.8. The van der Waals surface area contributed by atoms with Crippen molar-refractivity contribution in [1.29, 1.82) is 5.26 Å². The summed E-state index contributed by atoms with van der Waals surface area (Å²) in [7, 11) is 0. The second-order valence-electron chi connectivity index (χ2n) is 4.31. The minimum Gasteiger partial charge on any atom is -0.477 e. The van der Waals surface area contributed by atoms with Gasteiger partial charge in [-0.15, -0.1) is 0 Å². The summed E-state index contributed by atoms with van der Waals surface area (Å²) in [5.41, 5.74) is 3.08. The highest BCUT2D eigenvalue weighted by Crippen LogP contribution is 2.17. The summed E-state index contributed by atoms with van der Waals surface area (Å²) >= 11 is 0. The maximum Gasteiger partial charge on any atom is 0.354 e. The lowest BCUT2D eigenvalue weighted by Crippen LogP contribution is -2.07. The van der Waals surface area contributed by atoms with Crippen LogP contribution in [0.3, 0.4) is 0 Å². The molecule has 0 atom stereocenters. The van der Waals surface area contributed by atoms with Crippen LogP contribution in [-0.4, -0.2) is 16.1 Å². The highest BCUT2D eigenvalue weighted by Gasteiger charge is 2.05. The first-order valence-corrected chi connectivity index (χ1v) is 6.04. The van der Waals surface area contributed by atoms with E-state index in [0.717, 1.165) is 11.3 Å². The number of hydrogen-bond donors (Lipinski definition) is 2. The van der Waals surface area contributed by atoms with Gasteiger partial charge in [0, 0.05) is 5.69 Å². The van der Waals surface area contributed by atoms with E-state index >= 15 is 0 Å². The topological polar surface area (TPSA) is 86.0 Å². The Morgan fingerprint density at radius 2 is 2.20 bits per heavy atom. The molecule has 0 aliphatic rings. The Hall–Kier alpha value is -2.87. The molecule has 20 heavy (non-hydrogen) atoms. The van der Waals surface area contributed by atoms with E-state index < -0.39 is 5.97 Å². The molecule has 2 rings (SSSR count). The normalized spacial score (nSPS) is 9.80. The van der Waals surface area contributed by atoms with Gasteiger partial charge in [-0.2, -0.15) is 5.26 Å². The molecule has 0 unspecified atom stereocenters. The van der Waals surface area contributed by atoms with Crippen molar-refractivity contribution in [3.63, 3.8) is 0 Å². The van der Waals surface area contributed by atoms with Crippen molar-refractivity contribution in [2.75, 3.05) is 5.32 Å². The second kappa shape index (κ2) is 5.85. The summed E-state index contributed by atoms with van der Waals surface area (Å²) in [6.07, 6.45) is 0. The van der Waals surface area contributed by atoms with E-state index in [1.165, 1.54) is 6.07 Å². The van der Waals surface area contributed by atoms with Crippen molar-refractivity contribution in [3.05, 3.63) is 58.9 Å². The predicted octanol–water partition coefficient (Wildman–Crippen LogP) is 2.57. The van der Waals surface area contributed by atoms with Gasteiger partial charge >= 0.3 is 5.97 Å². The summed E-state index contributed by atoms with van der Waals surface area (Å²) in [6, 6.07) is 12.3. The van der Waals surface area contributed by atoms with Gasteiger partial charge in [0.25, 0.3) is 0 Å². The second-order valence-corrected chi connectivity index (χ2v) is 4.31. The van der Waals surface area contributed by atoms with Crippen molar-refractivity contribution in [2.45, 2.75) is 13.5 Å². The van der Waals surface area contributed by atoms with E-state index in [0.29, 0.717) is 17.8 Å². The first-order chi connectivity index (χ1) is 9.60. The Bertz CT molecular complexity index is 690. The minimum atomic E-state index is -1.05. The van der Waals surface area contributed by atoms with E-state index in [1.54, 1.807) is 24.3 Å². The number of nitrogens with one attached hydrogen (secondary N) is 1. The third-order valence-electron chi connectivity index (χ3n) is 2.85. The van der Waals surface area contributed by atoms with Crippen molar-refractivity contribution >= 4 is 11.7 Å². The number of aromatic nitrogens is 1. The molecular weight excluding hydrogens is 254 g/mol. The molecular formula is C15H13N3O2. The number of carboxylic acids is 1. The monoisotopic (exact) mass is 267 g/mol. The van der Waals surface area contributed by atoms with Gasteiger partial charge < -0.3 is 10.4 Å². The molecule has 0 saturated carbocycles. The Balaban J connectivity index is 2.15. The SMILES string of the molecule is Cc1ccc(C#N)cc1NCc1cccc(C(=O)O)n1. The van der Waals surface area contributed by atoms with Gasteiger partial charge in [-0.1, -0.05) is 12.1 Å². The van der Waals surface area contributed by atoms with E-state index in [9.17, 15) is 4.79 Å². The molecule has 1 heterocycles. The van der Waals surface area contributed by atoms with E-state index in [1.807, 2.05) is 13.0 Å². The Labute approximate surface area is 116 Å². The first-order valence-electron chi connectivity index (χ1n) is 6.04. The van der Waals surface area contributed by atoms with E-state index in [2.05, 4.69) is 16.4 Å². The van der Waals surface area contributed by atoms with Gasteiger partial charge in [0.15, 0.2) is 0 Å². The molecule has 1 aromatic heterocycles. The number of anilines is 1. The fraction of sp³-hybridized carbons (Fsp3) is 0.133. The lowest BCUT2D eigenvalue weighted by Gasteiger charge is -2.09. The summed E-state index contributed by atoms with van der Waals surface area (Å²) in [5.74, 6) is -1.05. The first kappa shape index (κ1) is 13.6.